The highest BCUT2D eigenvalue weighted by atomic mass is 32.2. The number of fused-ring (bicyclic) bond motifs is 1. The van der Waals surface area contributed by atoms with Crippen LogP contribution in [0.2, 0.25) is 0 Å². The lowest BCUT2D eigenvalue weighted by atomic mass is 10.3. The van der Waals surface area contributed by atoms with Gasteiger partial charge < -0.3 is 0 Å². The molecule has 110 valence electrons. The number of nitrogens with zero attached hydrogens (tertiary/aromatic N) is 5. The fourth-order valence-corrected chi connectivity index (χ4v) is 4.47. The van der Waals surface area contributed by atoms with E-state index in [1.54, 1.807) is 22.9 Å². The largest absolute Gasteiger partial charge is 0.229 e. The first kappa shape index (κ1) is 14.4. The predicted octanol–water partition coefficient (Wildman–Crippen LogP) is 1.86. The third kappa shape index (κ3) is 2.92. The number of hydrogen-bond acceptors (Lipinski definition) is 8. The zero-order chi connectivity index (χ0) is 15.0. The van der Waals surface area contributed by atoms with Crippen LogP contribution in [0.4, 0.5) is 0 Å². The molecule has 21 heavy (non-hydrogen) atoms. The van der Waals surface area contributed by atoms with E-state index in [0.717, 1.165) is 14.6 Å². The Hall–Kier alpha value is -1.52. The van der Waals surface area contributed by atoms with Crippen LogP contribution >= 0.6 is 23.1 Å². The summed E-state index contributed by atoms with van der Waals surface area (Å²) in [5.41, 5.74) is 0.769. The molecular weight excluding hydrogens is 330 g/mol. The number of sulfone groups is 1. The van der Waals surface area contributed by atoms with Crippen molar-refractivity contribution in [3.8, 4) is 0 Å². The van der Waals surface area contributed by atoms with E-state index in [1.165, 1.54) is 29.4 Å². The van der Waals surface area contributed by atoms with Gasteiger partial charge in [0.05, 0.1) is 15.1 Å². The standard InChI is InChI=1S/C11H11N5O2S3/c1-3-16-10(13-14-15-16)20-11-12-8-5-4-7(21(2,17)18)6-9(8)19-11/h4-6H,3H2,1-2H3. The molecule has 1 aromatic carbocycles. The van der Waals surface area contributed by atoms with E-state index < -0.39 is 9.84 Å². The topological polar surface area (TPSA) is 90.6 Å². The van der Waals surface area contributed by atoms with Gasteiger partial charge in [0.15, 0.2) is 14.2 Å². The van der Waals surface area contributed by atoms with Gasteiger partial charge in [0.1, 0.15) is 0 Å². The highest BCUT2D eigenvalue weighted by Gasteiger charge is 2.13. The zero-order valence-corrected chi connectivity index (χ0v) is 13.7. The van der Waals surface area contributed by atoms with Crippen molar-refractivity contribution in [2.75, 3.05) is 6.26 Å². The number of rotatable bonds is 4. The van der Waals surface area contributed by atoms with Gasteiger partial charge in [0, 0.05) is 12.8 Å². The normalized spacial score (nSPS) is 12.1. The van der Waals surface area contributed by atoms with Gasteiger partial charge in [-0.1, -0.05) is 0 Å². The van der Waals surface area contributed by atoms with Crippen LogP contribution in [-0.4, -0.2) is 39.9 Å². The molecule has 7 nitrogen and oxygen atoms in total. The quantitative estimate of drug-likeness (QED) is 0.715. The Morgan fingerprint density at radius 2 is 2.19 bits per heavy atom. The Kier molecular flexibility index (Phi) is 3.68. The van der Waals surface area contributed by atoms with E-state index in [9.17, 15) is 8.42 Å². The molecule has 0 unspecified atom stereocenters. The predicted molar refractivity (Wildman–Crippen MR) is 80.3 cm³/mol. The van der Waals surface area contributed by atoms with Crippen molar-refractivity contribution in [3.63, 3.8) is 0 Å². The second-order valence-corrected chi connectivity index (χ2v) is 8.52. The minimum absolute atomic E-state index is 0.300. The molecule has 2 aromatic heterocycles. The molecule has 0 amide bonds. The number of hydrogen-bond donors (Lipinski definition) is 0. The highest BCUT2D eigenvalue weighted by Crippen LogP contribution is 2.34. The summed E-state index contributed by atoms with van der Waals surface area (Å²) in [5.74, 6) is 0. The van der Waals surface area contributed by atoms with E-state index >= 15 is 0 Å². The van der Waals surface area contributed by atoms with Crippen molar-refractivity contribution < 1.29 is 8.42 Å². The molecule has 0 N–H and O–H groups in total. The summed E-state index contributed by atoms with van der Waals surface area (Å²) in [6.45, 7) is 2.63. The monoisotopic (exact) mass is 341 g/mol. The SMILES string of the molecule is CCn1nnnc1Sc1nc2ccc(S(C)(=O)=O)cc2s1. The van der Waals surface area contributed by atoms with Crippen LogP contribution in [0.3, 0.4) is 0 Å². The van der Waals surface area contributed by atoms with Crippen LogP contribution in [0, 0.1) is 0 Å². The fraction of sp³-hybridized carbons (Fsp3) is 0.273. The average Bonchev–Trinajstić information content (AvgIpc) is 3.02. The lowest BCUT2D eigenvalue weighted by Crippen LogP contribution is -1.98. The minimum atomic E-state index is -3.21. The Morgan fingerprint density at radius 3 is 2.90 bits per heavy atom. The summed E-state index contributed by atoms with van der Waals surface area (Å²) >= 11 is 2.79. The third-order valence-corrected chi connectivity index (χ3v) is 5.91. The Morgan fingerprint density at radius 1 is 1.38 bits per heavy atom. The van der Waals surface area contributed by atoms with Crippen LogP contribution < -0.4 is 0 Å². The molecule has 2 heterocycles. The molecule has 0 spiro atoms. The average molecular weight is 341 g/mol. The van der Waals surface area contributed by atoms with E-state index in [4.69, 9.17) is 0 Å². The van der Waals surface area contributed by atoms with Gasteiger partial charge in [-0.25, -0.2) is 18.1 Å². The van der Waals surface area contributed by atoms with Gasteiger partial charge in [-0.2, -0.15) is 0 Å². The van der Waals surface area contributed by atoms with Crippen molar-refractivity contribution in [1.29, 1.82) is 0 Å². The van der Waals surface area contributed by atoms with E-state index in [-0.39, 0.29) is 0 Å². The summed E-state index contributed by atoms with van der Waals surface area (Å²) in [4.78, 5) is 4.76. The van der Waals surface area contributed by atoms with Gasteiger partial charge >= 0.3 is 0 Å². The summed E-state index contributed by atoms with van der Waals surface area (Å²) < 4.78 is 26.4. The number of aryl methyl sites for hydroxylation is 1. The lowest BCUT2D eigenvalue weighted by molar-refractivity contribution is 0.581. The first-order chi connectivity index (χ1) is 9.97. The van der Waals surface area contributed by atoms with Gasteiger partial charge in [0.25, 0.3) is 0 Å². The third-order valence-electron chi connectivity index (χ3n) is 2.75. The lowest BCUT2D eigenvalue weighted by Gasteiger charge is -1.96. The van der Waals surface area contributed by atoms with Gasteiger partial charge in [-0.15, -0.1) is 16.4 Å². The molecule has 0 atom stereocenters. The van der Waals surface area contributed by atoms with Crippen molar-refractivity contribution in [2.45, 2.75) is 27.9 Å². The summed E-state index contributed by atoms with van der Waals surface area (Å²) in [5, 5.41) is 12.1. The van der Waals surface area contributed by atoms with Gasteiger partial charge in [-0.3, -0.25) is 0 Å². The smallest absolute Gasteiger partial charge is 0.216 e. The minimum Gasteiger partial charge on any atom is -0.229 e. The second-order valence-electron chi connectivity index (χ2n) is 4.26. The van der Waals surface area contributed by atoms with Gasteiger partial charge in [-0.05, 0) is 47.3 Å². The Balaban J connectivity index is 1.98. The van der Waals surface area contributed by atoms with E-state index in [2.05, 4.69) is 20.5 Å². The van der Waals surface area contributed by atoms with Gasteiger partial charge in [0.2, 0.25) is 5.16 Å². The fourth-order valence-electron chi connectivity index (χ4n) is 1.70. The first-order valence-corrected chi connectivity index (χ1v) is 9.54. The molecule has 0 fully saturated rings. The Labute approximate surface area is 129 Å². The molecule has 0 radical (unpaired) electrons. The van der Waals surface area contributed by atoms with Crippen molar-refractivity contribution in [1.82, 2.24) is 25.2 Å². The maximum absolute atomic E-state index is 11.6. The summed E-state index contributed by atoms with van der Waals surface area (Å²) in [6, 6.07) is 4.94. The molecule has 0 aliphatic carbocycles. The summed E-state index contributed by atoms with van der Waals surface area (Å²) in [6.07, 6.45) is 1.19. The number of benzene rings is 1. The first-order valence-electron chi connectivity index (χ1n) is 6.02. The molecule has 10 heteroatoms. The molecular formula is C11H11N5O2S3. The number of thiazole rings is 1. The molecule has 0 aliphatic heterocycles. The van der Waals surface area contributed by atoms with Crippen LogP contribution in [0.15, 0.2) is 32.6 Å². The van der Waals surface area contributed by atoms with Crippen molar-refractivity contribution in [3.05, 3.63) is 18.2 Å². The van der Waals surface area contributed by atoms with E-state index in [1.807, 2.05) is 6.92 Å². The zero-order valence-electron chi connectivity index (χ0n) is 11.2. The molecule has 0 saturated carbocycles. The maximum Gasteiger partial charge on any atom is 0.216 e. The second kappa shape index (κ2) is 5.35. The molecule has 0 bridgehead atoms. The number of aromatic nitrogens is 5. The Bertz CT molecular complexity index is 900. The van der Waals surface area contributed by atoms with Crippen LogP contribution in [0.25, 0.3) is 10.2 Å². The van der Waals surface area contributed by atoms with Crippen LogP contribution in [0.5, 0.6) is 0 Å². The number of tetrazole rings is 1. The molecule has 0 aliphatic rings. The maximum atomic E-state index is 11.6. The molecule has 0 saturated heterocycles. The van der Waals surface area contributed by atoms with Crippen molar-refractivity contribution >= 4 is 43.2 Å². The van der Waals surface area contributed by atoms with Crippen LogP contribution in [0.1, 0.15) is 6.92 Å². The molecule has 3 rings (SSSR count). The van der Waals surface area contributed by atoms with Crippen LogP contribution in [-0.2, 0) is 16.4 Å². The summed E-state index contributed by atoms with van der Waals surface area (Å²) in [7, 11) is -3.21. The van der Waals surface area contributed by atoms with E-state index in [0.29, 0.717) is 16.6 Å². The highest BCUT2D eigenvalue weighted by molar-refractivity contribution is 8.01. The molecule has 3 aromatic rings. The van der Waals surface area contributed by atoms with Crippen molar-refractivity contribution in [2.24, 2.45) is 0 Å².